The van der Waals surface area contributed by atoms with Crippen molar-refractivity contribution >= 4 is 67.1 Å². The summed E-state index contributed by atoms with van der Waals surface area (Å²) >= 11 is 10.4. The Kier molecular flexibility index (Phi) is 4.11. The van der Waals surface area contributed by atoms with Gasteiger partial charge in [0.25, 0.3) is 0 Å². The lowest BCUT2D eigenvalue weighted by Gasteiger charge is -2.10. The van der Waals surface area contributed by atoms with Crippen molar-refractivity contribution in [3.05, 3.63) is 24.0 Å². The van der Waals surface area contributed by atoms with Gasteiger partial charge < -0.3 is 11.1 Å². The zero-order valence-electron chi connectivity index (χ0n) is 11.5. The Hall–Kier alpha value is -1.21. The molecule has 0 fully saturated rings. The van der Waals surface area contributed by atoms with Gasteiger partial charge in [-0.1, -0.05) is 11.3 Å². The number of aryl methyl sites for hydroxylation is 1. The number of nitrogen functional groups attached to an aromatic ring is 1. The average molecular weight is 368 g/mol. The van der Waals surface area contributed by atoms with Gasteiger partial charge in [0.15, 0.2) is 4.96 Å². The normalized spacial score (nSPS) is 11.1. The predicted octanol–water partition coefficient (Wildman–Crippen LogP) is 3.94. The lowest BCUT2D eigenvalue weighted by Crippen LogP contribution is -2.01. The van der Waals surface area contributed by atoms with E-state index in [1.807, 2.05) is 23.6 Å². The lowest BCUT2D eigenvalue weighted by molar-refractivity contribution is 0.269. The molecule has 1 atom stereocenters. The SMILES string of the molecule is Cc1c(N)sc2nc(-c3ccc(NC(=O)P)c(S)c3S)cn12. The number of amides is 1. The molecule has 0 radical (unpaired) electrons. The highest BCUT2D eigenvalue weighted by Gasteiger charge is 2.15. The van der Waals surface area contributed by atoms with Gasteiger partial charge in [0.2, 0.25) is 5.65 Å². The quantitative estimate of drug-likeness (QED) is 0.409. The molecule has 114 valence electrons. The second kappa shape index (κ2) is 5.77. The highest BCUT2D eigenvalue weighted by Crippen LogP contribution is 2.37. The molecule has 1 amide bonds. The Morgan fingerprint density at radius 2 is 2.14 bits per heavy atom. The average Bonchev–Trinajstić information content (AvgIpc) is 2.96. The minimum Gasteiger partial charge on any atom is -0.389 e. The zero-order valence-corrected chi connectivity index (χ0v) is 15.3. The number of thiol groups is 2. The first-order chi connectivity index (χ1) is 10.4. The van der Waals surface area contributed by atoms with Crippen molar-refractivity contribution in [3.63, 3.8) is 0 Å². The summed E-state index contributed by atoms with van der Waals surface area (Å²) in [6.07, 6.45) is 1.92. The summed E-state index contributed by atoms with van der Waals surface area (Å²) in [5, 5.41) is 3.45. The van der Waals surface area contributed by atoms with Crippen LogP contribution >= 0.6 is 45.8 Å². The maximum Gasteiger partial charge on any atom is 0.239 e. The first-order valence-corrected chi connectivity index (χ1v) is 8.53. The molecule has 22 heavy (non-hydrogen) atoms. The molecule has 0 aliphatic heterocycles. The van der Waals surface area contributed by atoms with Crippen LogP contribution in [0.4, 0.5) is 15.5 Å². The van der Waals surface area contributed by atoms with Crippen LogP contribution in [0.1, 0.15) is 5.69 Å². The highest BCUT2D eigenvalue weighted by molar-refractivity contribution is 7.83. The summed E-state index contributed by atoms with van der Waals surface area (Å²) in [6.45, 7) is 1.95. The van der Waals surface area contributed by atoms with Crippen molar-refractivity contribution in [2.45, 2.75) is 16.7 Å². The van der Waals surface area contributed by atoms with Crippen LogP contribution in [-0.2, 0) is 0 Å². The summed E-state index contributed by atoms with van der Waals surface area (Å²) in [6, 6.07) is 3.65. The van der Waals surface area contributed by atoms with Crippen molar-refractivity contribution in [1.82, 2.24) is 9.38 Å². The third kappa shape index (κ3) is 2.60. The number of anilines is 2. The first-order valence-electron chi connectivity index (χ1n) is 6.24. The van der Waals surface area contributed by atoms with Crippen LogP contribution < -0.4 is 11.1 Å². The van der Waals surface area contributed by atoms with Crippen molar-refractivity contribution in [2.24, 2.45) is 0 Å². The van der Waals surface area contributed by atoms with Crippen LogP contribution in [0.25, 0.3) is 16.2 Å². The third-order valence-corrected chi connectivity index (χ3v) is 5.51. The molecule has 0 spiro atoms. The van der Waals surface area contributed by atoms with Gasteiger partial charge in [-0.25, -0.2) is 4.98 Å². The topological polar surface area (TPSA) is 72.4 Å². The van der Waals surface area contributed by atoms with E-state index in [4.69, 9.17) is 5.73 Å². The molecular weight excluding hydrogens is 355 g/mol. The Balaban J connectivity index is 2.10. The molecule has 3 rings (SSSR count). The number of nitrogens with two attached hydrogens (primary N) is 1. The van der Waals surface area contributed by atoms with E-state index in [1.54, 1.807) is 6.07 Å². The van der Waals surface area contributed by atoms with Crippen LogP contribution in [0.3, 0.4) is 0 Å². The largest absolute Gasteiger partial charge is 0.389 e. The number of fused-ring (bicyclic) bond motifs is 1. The van der Waals surface area contributed by atoms with Crippen molar-refractivity contribution in [3.8, 4) is 11.3 Å². The van der Waals surface area contributed by atoms with Crippen LogP contribution in [0.15, 0.2) is 28.1 Å². The van der Waals surface area contributed by atoms with Crippen LogP contribution in [0.2, 0.25) is 0 Å². The van der Waals surface area contributed by atoms with Gasteiger partial charge in [-0.05, 0) is 28.3 Å². The van der Waals surface area contributed by atoms with Gasteiger partial charge in [0.05, 0.1) is 17.1 Å². The molecular formula is C13H13N4OPS3. The second-order valence-corrected chi connectivity index (χ2v) is 7.11. The standard InChI is InChI=1S/C13H13N4OPS3/c1-5-11(14)22-12-15-8(4-17(5)12)6-2-3-7(16-13(18)19)10(21)9(6)20/h2-4,20-21H,14,19H2,1H3,(H,16,18). The Bertz CT molecular complexity index is 902. The zero-order chi connectivity index (χ0) is 16.0. The van der Waals surface area contributed by atoms with Gasteiger partial charge in [-0.2, -0.15) is 0 Å². The number of nitrogens with zero attached hydrogens (tertiary/aromatic N) is 2. The van der Waals surface area contributed by atoms with E-state index in [1.165, 1.54) is 11.3 Å². The molecule has 3 N–H and O–H groups in total. The summed E-state index contributed by atoms with van der Waals surface area (Å²) < 4.78 is 1.96. The molecule has 3 aromatic rings. The Labute approximate surface area is 144 Å². The van der Waals surface area contributed by atoms with Gasteiger partial charge in [0.1, 0.15) is 5.00 Å². The fourth-order valence-electron chi connectivity index (χ4n) is 2.12. The number of thiazole rings is 1. The van der Waals surface area contributed by atoms with Gasteiger partial charge in [-0.15, -0.1) is 25.3 Å². The van der Waals surface area contributed by atoms with Crippen molar-refractivity contribution in [2.75, 3.05) is 11.1 Å². The number of aromatic nitrogens is 2. The lowest BCUT2D eigenvalue weighted by atomic mass is 10.1. The molecule has 1 unspecified atom stereocenters. The number of benzene rings is 1. The third-order valence-electron chi connectivity index (χ3n) is 3.28. The Morgan fingerprint density at radius 1 is 1.41 bits per heavy atom. The summed E-state index contributed by atoms with van der Waals surface area (Å²) in [4.78, 5) is 17.8. The smallest absolute Gasteiger partial charge is 0.239 e. The number of imidazole rings is 1. The molecule has 0 saturated carbocycles. The maximum absolute atomic E-state index is 11.2. The van der Waals surface area contributed by atoms with Crippen LogP contribution in [0, 0.1) is 6.92 Å². The monoisotopic (exact) mass is 368 g/mol. The molecule has 0 aliphatic rings. The van der Waals surface area contributed by atoms with Gasteiger partial charge in [-0.3, -0.25) is 9.20 Å². The molecule has 0 saturated heterocycles. The maximum atomic E-state index is 11.2. The summed E-state index contributed by atoms with van der Waals surface area (Å²) in [5.74, 6) is 0. The van der Waals surface area contributed by atoms with Gasteiger partial charge in [0, 0.05) is 21.6 Å². The van der Waals surface area contributed by atoms with Crippen LogP contribution in [-0.4, -0.2) is 15.0 Å². The number of rotatable bonds is 2. The number of carbonyl (C=O) groups is 1. The van der Waals surface area contributed by atoms with E-state index in [-0.39, 0.29) is 5.65 Å². The number of nitrogens with one attached hydrogen (secondary N) is 1. The van der Waals surface area contributed by atoms with E-state index in [0.717, 1.165) is 26.9 Å². The fraction of sp³-hybridized carbons (Fsp3) is 0.0769. The predicted molar refractivity (Wildman–Crippen MR) is 101 cm³/mol. The van der Waals surface area contributed by atoms with E-state index in [0.29, 0.717) is 15.5 Å². The van der Waals surface area contributed by atoms with Crippen molar-refractivity contribution < 1.29 is 4.79 Å². The molecule has 5 nitrogen and oxygen atoms in total. The Morgan fingerprint density at radius 3 is 2.77 bits per heavy atom. The summed E-state index contributed by atoms with van der Waals surface area (Å²) in [5.41, 5.74) is 8.88. The molecule has 9 heteroatoms. The number of carbonyl (C=O) groups excluding carboxylic acids is 1. The van der Waals surface area contributed by atoms with Crippen LogP contribution in [0.5, 0.6) is 0 Å². The number of hydrogen-bond acceptors (Lipinski definition) is 6. The molecule has 2 aromatic heterocycles. The number of hydrogen-bond donors (Lipinski definition) is 4. The van der Waals surface area contributed by atoms with E-state index < -0.39 is 0 Å². The van der Waals surface area contributed by atoms with E-state index in [2.05, 4.69) is 44.8 Å². The summed E-state index contributed by atoms with van der Waals surface area (Å²) in [7, 11) is 2.07. The first kappa shape index (κ1) is 15.7. The highest BCUT2D eigenvalue weighted by atomic mass is 32.1. The van der Waals surface area contributed by atoms with E-state index >= 15 is 0 Å². The van der Waals surface area contributed by atoms with Gasteiger partial charge >= 0.3 is 0 Å². The molecule has 1 aromatic carbocycles. The fourth-order valence-corrected chi connectivity index (χ4v) is 3.71. The minimum absolute atomic E-state index is 0.232. The molecule has 0 bridgehead atoms. The minimum atomic E-state index is -0.232. The molecule has 2 heterocycles. The van der Waals surface area contributed by atoms with Crippen molar-refractivity contribution in [1.29, 1.82) is 0 Å². The molecule has 0 aliphatic carbocycles. The van der Waals surface area contributed by atoms with E-state index in [9.17, 15) is 4.79 Å². The second-order valence-electron chi connectivity index (χ2n) is 4.68.